The Bertz CT molecular complexity index is 1420. The largest absolute Gasteiger partial charge is 0.497 e. The minimum absolute atomic E-state index is 0.0757. The van der Waals surface area contributed by atoms with Gasteiger partial charge in [-0.2, -0.15) is 0 Å². The molecule has 0 unspecified atom stereocenters. The topological polar surface area (TPSA) is 64.0 Å². The molecule has 3 aromatic carbocycles. The van der Waals surface area contributed by atoms with Gasteiger partial charge < -0.3 is 23.8 Å². The Kier molecular flexibility index (Phi) is 11.3. The van der Waals surface area contributed by atoms with Crippen LogP contribution in [0.1, 0.15) is 40.5 Å². The van der Waals surface area contributed by atoms with Crippen molar-refractivity contribution in [1.29, 1.82) is 0 Å². The van der Waals surface area contributed by atoms with E-state index in [0.29, 0.717) is 57.1 Å². The van der Waals surface area contributed by atoms with E-state index >= 15 is 0 Å². The van der Waals surface area contributed by atoms with E-state index in [2.05, 4.69) is 4.57 Å². The highest BCUT2D eigenvalue weighted by Crippen LogP contribution is 2.17. The molecule has 0 aliphatic carbocycles. The Morgan fingerprint density at radius 3 is 2.38 bits per heavy atom. The van der Waals surface area contributed by atoms with Gasteiger partial charge in [-0.3, -0.25) is 9.59 Å². The van der Waals surface area contributed by atoms with E-state index in [-0.39, 0.29) is 24.2 Å². The Balaban J connectivity index is 1.56. The van der Waals surface area contributed by atoms with Gasteiger partial charge in [-0.1, -0.05) is 48.5 Å². The second-order valence-corrected chi connectivity index (χ2v) is 10.00. The van der Waals surface area contributed by atoms with Crippen molar-refractivity contribution in [2.45, 2.75) is 33.0 Å². The number of ether oxygens (including phenoxy) is 2. The predicted molar refractivity (Wildman–Crippen MR) is 161 cm³/mol. The molecule has 0 fully saturated rings. The van der Waals surface area contributed by atoms with Crippen molar-refractivity contribution in [2.75, 3.05) is 33.4 Å². The molecule has 0 bridgehead atoms. The van der Waals surface area contributed by atoms with Gasteiger partial charge in [0.2, 0.25) is 5.91 Å². The molecule has 4 aromatic rings. The molecule has 1 aromatic heterocycles. The summed E-state index contributed by atoms with van der Waals surface area (Å²) in [6.07, 6.45) is 2.56. The number of carbonyl (C=O) groups is 2. The number of aromatic nitrogens is 1. The van der Waals surface area contributed by atoms with Crippen LogP contribution in [0.5, 0.6) is 5.75 Å². The van der Waals surface area contributed by atoms with Crippen LogP contribution >= 0.6 is 0 Å². The molecule has 0 saturated heterocycles. The van der Waals surface area contributed by atoms with Crippen LogP contribution in [0.3, 0.4) is 0 Å². The monoisotopic (exact) mass is 571 g/mol. The highest BCUT2D eigenvalue weighted by atomic mass is 19.1. The smallest absolute Gasteiger partial charge is 0.254 e. The molecule has 0 saturated carbocycles. The first-order chi connectivity index (χ1) is 20.5. The summed E-state index contributed by atoms with van der Waals surface area (Å²) in [6.45, 7) is 4.60. The van der Waals surface area contributed by atoms with Gasteiger partial charge in [0.1, 0.15) is 18.1 Å². The van der Waals surface area contributed by atoms with E-state index in [0.717, 1.165) is 16.8 Å². The van der Waals surface area contributed by atoms with Crippen LogP contribution in [0.25, 0.3) is 0 Å². The maximum Gasteiger partial charge on any atom is 0.254 e. The summed E-state index contributed by atoms with van der Waals surface area (Å²) in [7, 11) is 1.56. The van der Waals surface area contributed by atoms with Gasteiger partial charge in [0.25, 0.3) is 5.91 Å². The average molecular weight is 572 g/mol. The maximum atomic E-state index is 14.0. The fraction of sp³-hybridized carbons (Fsp3) is 0.294. The van der Waals surface area contributed by atoms with Gasteiger partial charge in [0.15, 0.2) is 0 Å². The maximum absolute atomic E-state index is 14.0. The highest BCUT2D eigenvalue weighted by Gasteiger charge is 2.24. The van der Waals surface area contributed by atoms with Crippen molar-refractivity contribution < 1.29 is 23.5 Å². The third-order valence-corrected chi connectivity index (χ3v) is 6.96. The molecular formula is C34H38FN3O4. The molecule has 0 aliphatic rings. The number of benzene rings is 3. The lowest BCUT2D eigenvalue weighted by Crippen LogP contribution is -2.43. The summed E-state index contributed by atoms with van der Waals surface area (Å²) in [6, 6.07) is 27.1. The molecule has 42 heavy (non-hydrogen) atoms. The molecule has 220 valence electrons. The Morgan fingerprint density at radius 1 is 0.857 bits per heavy atom. The standard InChI is InChI=1S/C34H38FN3O4/c1-3-42-21-9-20-37(34(40)29-12-7-14-32(22-29)41-2)26-33(39)38(24-27-10-5-4-6-11-27)25-31-13-8-19-36(31)23-28-15-17-30(35)18-16-28/h4-8,10-19,22H,3,9,20-21,23-26H2,1-2H3. The summed E-state index contributed by atoms with van der Waals surface area (Å²) in [5.74, 6) is -0.103. The summed E-state index contributed by atoms with van der Waals surface area (Å²) in [4.78, 5) is 31.0. The van der Waals surface area contributed by atoms with Crippen LogP contribution in [-0.2, 0) is 29.2 Å². The Hall–Kier alpha value is -4.43. The van der Waals surface area contributed by atoms with Crippen molar-refractivity contribution in [3.63, 3.8) is 0 Å². The second-order valence-electron chi connectivity index (χ2n) is 10.00. The summed E-state index contributed by atoms with van der Waals surface area (Å²) in [5, 5.41) is 0. The average Bonchev–Trinajstić information content (AvgIpc) is 3.45. The van der Waals surface area contributed by atoms with E-state index < -0.39 is 0 Å². The minimum Gasteiger partial charge on any atom is -0.497 e. The summed E-state index contributed by atoms with van der Waals surface area (Å²) < 4.78 is 26.3. The number of hydrogen-bond acceptors (Lipinski definition) is 4. The predicted octanol–water partition coefficient (Wildman–Crippen LogP) is 5.78. The number of rotatable bonds is 15. The second kappa shape index (κ2) is 15.5. The van der Waals surface area contributed by atoms with Crippen molar-refractivity contribution in [1.82, 2.24) is 14.4 Å². The van der Waals surface area contributed by atoms with Gasteiger partial charge >= 0.3 is 0 Å². The first kappa shape index (κ1) is 30.5. The lowest BCUT2D eigenvalue weighted by molar-refractivity contribution is -0.133. The van der Waals surface area contributed by atoms with Crippen molar-refractivity contribution >= 4 is 11.8 Å². The molecule has 7 nitrogen and oxygen atoms in total. The summed E-state index contributed by atoms with van der Waals surface area (Å²) >= 11 is 0. The number of methoxy groups -OCH3 is 1. The van der Waals surface area contributed by atoms with Crippen molar-refractivity contribution in [2.24, 2.45) is 0 Å². The Labute approximate surface area is 247 Å². The van der Waals surface area contributed by atoms with Gasteiger partial charge in [-0.25, -0.2) is 4.39 Å². The number of carbonyl (C=O) groups excluding carboxylic acids is 2. The number of hydrogen-bond donors (Lipinski definition) is 0. The molecule has 8 heteroatoms. The molecular weight excluding hydrogens is 533 g/mol. The highest BCUT2D eigenvalue weighted by molar-refractivity contribution is 5.96. The van der Waals surface area contributed by atoms with Crippen LogP contribution in [0.15, 0.2) is 97.2 Å². The zero-order valence-corrected chi connectivity index (χ0v) is 24.2. The van der Waals surface area contributed by atoms with Gasteiger partial charge in [0, 0.05) is 50.3 Å². The molecule has 0 atom stereocenters. The molecule has 0 N–H and O–H groups in total. The number of amides is 2. The molecule has 0 aliphatic heterocycles. The molecule has 0 radical (unpaired) electrons. The van der Waals surface area contributed by atoms with Crippen molar-refractivity contribution in [3.8, 4) is 5.75 Å². The quantitative estimate of drug-likeness (QED) is 0.170. The molecule has 0 spiro atoms. The Morgan fingerprint density at radius 2 is 1.64 bits per heavy atom. The zero-order valence-electron chi connectivity index (χ0n) is 24.2. The van der Waals surface area contributed by atoms with Gasteiger partial charge in [-0.15, -0.1) is 0 Å². The molecule has 2 amide bonds. The number of nitrogens with zero attached hydrogens (tertiary/aromatic N) is 3. The van der Waals surface area contributed by atoms with E-state index in [1.165, 1.54) is 12.1 Å². The van der Waals surface area contributed by atoms with E-state index in [1.54, 1.807) is 53.3 Å². The SMILES string of the molecule is CCOCCCN(CC(=O)N(Cc1ccccc1)Cc1cccn1Cc1ccc(F)cc1)C(=O)c1cccc(OC)c1. The summed E-state index contributed by atoms with van der Waals surface area (Å²) in [5.41, 5.74) is 3.34. The zero-order chi connectivity index (χ0) is 29.7. The minimum atomic E-state index is -0.277. The van der Waals surface area contributed by atoms with E-state index in [1.807, 2.05) is 55.6 Å². The van der Waals surface area contributed by atoms with Crippen LogP contribution in [0.4, 0.5) is 4.39 Å². The van der Waals surface area contributed by atoms with E-state index in [9.17, 15) is 14.0 Å². The van der Waals surface area contributed by atoms with Crippen LogP contribution < -0.4 is 4.74 Å². The van der Waals surface area contributed by atoms with Crippen LogP contribution in [0, 0.1) is 5.82 Å². The molecule has 1 heterocycles. The third-order valence-electron chi connectivity index (χ3n) is 6.96. The van der Waals surface area contributed by atoms with Gasteiger partial charge in [-0.05, 0) is 66.9 Å². The van der Waals surface area contributed by atoms with Crippen LogP contribution in [-0.4, -0.2) is 59.6 Å². The first-order valence-electron chi connectivity index (χ1n) is 14.2. The fourth-order valence-electron chi connectivity index (χ4n) is 4.72. The fourth-order valence-corrected chi connectivity index (χ4v) is 4.72. The lowest BCUT2D eigenvalue weighted by Gasteiger charge is -2.28. The molecule has 4 rings (SSSR count). The normalized spacial score (nSPS) is 10.8. The lowest BCUT2D eigenvalue weighted by atomic mass is 10.1. The van der Waals surface area contributed by atoms with Gasteiger partial charge in [0.05, 0.1) is 13.7 Å². The number of halogens is 1. The van der Waals surface area contributed by atoms with Crippen LogP contribution in [0.2, 0.25) is 0 Å². The third kappa shape index (κ3) is 8.78. The van der Waals surface area contributed by atoms with Crippen molar-refractivity contribution in [3.05, 3.63) is 125 Å². The van der Waals surface area contributed by atoms with E-state index in [4.69, 9.17) is 9.47 Å². The first-order valence-corrected chi connectivity index (χ1v) is 14.2.